The third kappa shape index (κ3) is 4.12. The van der Waals surface area contributed by atoms with Crippen molar-refractivity contribution < 1.29 is 9.53 Å². The van der Waals surface area contributed by atoms with Crippen LogP contribution in [0.1, 0.15) is 54.2 Å². The summed E-state index contributed by atoms with van der Waals surface area (Å²) in [6, 6.07) is 1.97. The Morgan fingerprint density at radius 3 is 2.91 bits per heavy atom. The van der Waals surface area contributed by atoms with Crippen LogP contribution in [0.3, 0.4) is 0 Å². The van der Waals surface area contributed by atoms with Gasteiger partial charge in [-0.15, -0.1) is 0 Å². The Bertz CT molecular complexity index is 522. The number of likely N-dealkylation sites (N-methyl/N-ethyl adjacent to an activating group) is 1. The zero-order valence-corrected chi connectivity index (χ0v) is 14.3. The van der Waals surface area contributed by atoms with E-state index in [0.29, 0.717) is 31.3 Å². The predicted molar refractivity (Wildman–Crippen MR) is 88.6 cm³/mol. The van der Waals surface area contributed by atoms with Gasteiger partial charge in [0.2, 0.25) is 0 Å². The Hall–Kier alpha value is -1.40. The van der Waals surface area contributed by atoms with Crippen LogP contribution < -0.4 is 0 Å². The Kier molecular flexibility index (Phi) is 5.33. The fourth-order valence-electron chi connectivity index (χ4n) is 3.65. The summed E-state index contributed by atoms with van der Waals surface area (Å²) in [5.41, 5.74) is 1.68. The maximum atomic E-state index is 12.7. The summed E-state index contributed by atoms with van der Waals surface area (Å²) in [7, 11) is 4.04. The molecule has 0 bridgehead atoms. The number of rotatable bonds is 4. The molecule has 0 spiro atoms. The first-order chi connectivity index (χ1) is 11.1. The van der Waals surface area contributed by atoms with Crippen molar-refractivity contribution in [1.29, 1.82) is 0 Å². The van der Waals surface area contributed by atoms with Gasteiger partial charge < -0.3 is 14.5 Å². The molecule has 6 nitrogen and oxygen atoms in total. The smallest absolute Gasteiger partial charge is 0.274 e. The lowest BCUT2D eigenvalue weighted by atomic mass is 9.87. The Balaban J connectivity index is 1.62. The average Bonchev–Trinajstić information content (AvgIpc) is 3.04. The topological polar surface area (TPSA) is 61.5 Å². The minimum atomic E-state index is 0.0235. The fourth-order valence-corrected chi connectivity index (χ4v) is 3.65. The minimum Gasteiger partial charge on any atom is -0.373 e. The molecule has 1 aliphatic carbocycles. The third-order valence-electron chi connectivity index (χ3n) is 4.86. The van der Waals surface area contributed by atoms with Crippen molar-refractivity contribution in [3.05, 3.63) is 17.5 Å². The highest BCUT2D eigenvalue weighted by Gasteiger charge is 2.27. The molecule has 3 rings (SSSR count). The van der Waals surface area contributed by atoms with Crippen LogP contribution >= 0.6 is 0 Å². The summed E-state index contributed by atoms with van der Waals surface area (Å²) in [5.74, 6) is 0.569. The minimum absolute atomic E-state index is 0.0235. The molecule has 0 aromatic carbocycles. The van der Waals surface area contributed by atoms with Gasteiger partial charge in [0.1, 0.15) is 5.69 Å². The van der Waals surface area contributed by atoms with Gasteiger partial charge in [0.25, 0.3) is 5.91 Å². The quantitative estimate of drug-likeness (QED) is 0.920. The predicted octanol–water partition coefficient (Wildman–Crippen LogP) is 1.86. The molecule has 1 aromatic heterocycles. The Morgan fingerprint density at radius 2 is 2.17 bits per heavy atom. The number of nitrogens with one attached hydrogen (secondary N) is 1. The fraction of sp³-hybridized carbons (Fsp3) is 0.765. The van der Waals surface area contributed by atoms with Crippen molar-refractivity contribution in [2.24, 2.45) is 0 Å². The van der Waals surface area contributed by atoms with Crippen LogP contribution in [0, 0.1) is 0 Å². The molecule has 1 N–H and O–H groups in total. The van der Waals surface area contributed by atoms with E-state index in [1.165, 1.54) is 32.1 Å². The number of carbonyl (C=O) groups excluding carboxylic acids is 1. The number of aromatic amines is 1. The normalized spacial score (nSPS) is 23.4. The van der Waals surface area contributed by atoms with Gasteiger partial charge in [0.05, 0.1) is 12.7 Å². The SMILES string of the molecule is CN(C)CC1CN(C(=O)c2cc(C3CCCCC3)[nH]n2)CCO1. The Morgan fingerprint density at radius 1 is 1.39 bits per heavy atom. The van der Waals surface area contributed by atoms with Crippen LogP contribution in [0.2, 0.25) is 0 Å². The highest BCUT2D eigenvalue weighted by Crippen LogP contribution is 2.31. The highest BCUT2D eigenvalue weighted by molar-refractivity contribution is 5.92. The van der Waals surface area contributed by atoms with E-state index in [1.54, 1.807) is 0 Å². The molecule has 6 heteroatoms. The number of hydrogen-bond acceptors (Lipinski definition) is 4. The van der Waals surface area contributed by atoms with Crippen molar-refractivity contribution in [3.8, 4) is 0 Å². The summed E-state index contributed by atoms with van der Waals surface area (Å²) < 4.78 is 5.74. The van der Waals surface area contributed by atoms with E-state index in [1.807, 2.05) is 25.1 Å². The van der Waals surface area contributed by atoms with E-state index in [4.69, 9.17) is 4.74 Å². The molecule has 1 saturated carbocycles. The molecule has 128 valence electrons. The van der Waals surface area contributed by atoms with Crippen molar-refractivity contribution in [2.45, 2.75) is 44.1 Å². The summed E-state index contributed by atoms with van der Waals surface area (Å²) in [6.45, 7) is 2.72. The van der Waals surface area contributed by atoms with Crippen molar-refractivity contribution in [3.63, 3.8) is 0 Å². The van der Waals surface area contributed by atoms with Gasteiger partial charge in [-0.1, -0.05) is 19.3 Å². The van der Waals surface area contributed by atoms with Gasteiger partial charge in [0.15, 0.2) is 0 Å². The second-order valence-corrected chi connectivity index (χ2v) is 7.05. The molecule has 1 aliphatic heterocycles. The second-order valence-electron chi connectivity index (χ2n) is 7.05. The molecule has 2 heterocycles. The zero-order valence-electron chi connectivity index (χ0n) is 14.3. The van der Waals surface area contributed by atoms with E-state index in [9.17, 15) is 4.79 Å². The maximum Gasteiger partial charge on any atom is 0.274 e. The number of ether oxygens (including phenoxy) is 1. The van der Waals surface area contributed by atoms with Crippen LogP contribution in [0.4, 0.5) is 0 Å². The average molecular weight is 320 g/mol. The van der Waals surface area contributed by atoms with Gasteiger partial charge in [-0.25, -0.2) is 0 Å². The van der Waals surface area contributed by atoms with Gasteiger partial charge in [0, 0.05) is 31.2 Å². The zero-order chi connectivity index (χ0) is 16.2. The third-order valence-corrected chi connectivity index (χ3v) is 4.86. The van der Waals surface area contributed by atoms with E-state index in [0.717, 1.165) is 12.2 Å². The number of H-pyrrole nitrogens is 1. The monoisotopic (exact) mass is 320 g/mol. The van der Waals surface area contributed by atoms with E-state index >= 15 is 0 Å². The lowest BCUT2D eigenvalue weighted by Gasteiger charge is -2.33. The second kappa shape index (κ2) is 7.45. The van der Waals surface area contributed by atoms with Crippen LogP contribution in [0.5, 0.6) is 0 Å². The standard InChI is InChI=1S/C17H28N4O2/c1-20(2)11-14-12-21(8-9-23-14)17(22)16-10-15(18-19-16)13-6-4-3-5-7-13/h10,13-14H,3-9,11-12H2,1-2H3,(H,18,19). The number of carbonyl (C=O) groups is 1. The summed E-state index contributed by atoms with van der Waals surface area (Å²) >= 11 is 0. The molecular formula is C17H28N4O2. The van der Waals surface area contributed by atoms with Crippen LogP contribution in [0.25, 0.3) is 0 Å². The van der Waals surface area contributed by atoms with E-state index in [2.05, 4.69) is 15.1 Å². The molecule has 1 atom stereocenters. The number of morpholine rings is 1. The first kappa shape index (κ1) is 16.5. The van der Waals surface area contributed by atoms with E-state index in [-0.39, 0.29) is 12.0 Å². The number of aromatic nitrogens is 2. The maximum absolute atomic E-state index is 12.7. The largest absolute Gasteiger partial charge is 0.373 e. The first-order valence-electron chi connectivity index (χ1n) is 8.74. The van der Waals surface area contributed by atoms with Crippen molar-refractivity contribution >= 4 is 5.91 Å². The van der Waals surface area contributed by atoms with Gasteiger partial charge in [-0.05, 0) is 33.0 Å². The van der Waals surface area contributed by atoms with Crippen molar-refractivity contribution in [2.75, 3.05) is 40.3 Å². The highest BCUT2D eigenvalue weighted by atomic mass is 16.5. The summed E-state index contributed by atoms with van der Waals surface area (Å²) in [4.78, 5) is 16.7. The van der Waals surface area contributed by atoms with Crippen LogP contribution in [-0.4, -0.2) is 72.3 Å². The molecular weight excluding hydrogens is 292 g/mol. The summed E-state index contributed by atoms with van der Waals surface area (Å²) in [6.07, 6.45) is 6.39. The Labute approximate surface area is 138 Å². The molecule has 0 radical (unpaired) electrons. The number of nitrogens with zero attached hydrogens (tertiary/aromatic N) is 3. The molecule has 1 aromatic rings. The molecule has 1 saturated heterocycles. The molecule has 2 fully saturated rings. The van der Waals surface area contributed by atoms with Gasteiger partial charge in [-0.2, -0.15) is 5.10 Å². The molecule has 23 heavy (non-hydrogen) atoms. The summed E-state index contributed by atoms with van der Waals surface area (Å²) in [5, 5.41) is 7.39. The first-order valence-corrected chi connectivity index (χ1v) is 8.74. The van der Waals surface area contributed by atoms with Gasteiger partial charge >= 0.3 is 0 Å². The number of amides is 1. The van der Waals surface area contributed by atoms with Gasteiger partial charge in [-0.3, -0.25) is 9.89 Å². The van der Waals surface area contributed by atoms with Crippen molar-refractivity contribution in [1.82, 2.24) is 20.0 Å². The lowest BCUT2D eigenvalue weighted by molar-refractivity contribution is -0.0308. The molecule has 1 amide bonds. The van der Waals surface area contributed by atoms with Crippen LogP contribution in [-0.2, 0) is 4.74 Å². The molecule has 2 aliphatic rings. The molecule has 1 unspecified atom stereocenters. The van der Waals surface area contributed by atoms with Crippen LogP contribution in [0.15, 0.2) is 6.07 Å². The lowest BCUT2D eigenvalue weighted by Crippen LogP contribution is -2.48. The van der Waals surface area contributed by atoms with E-state index < -0.39 is 0 Å². The number of hydrogen-bond donors (Lipinski definition) is 1.